The maximum absolute atomic E-state index is 11.6. The summed E-state index contributed by atoms with van der Waals surface area (Å²) in [6.45, 7) is 4.75. The first kappa shape index (κ1) is 18.5. The van der Waals surface area contributed by atoms with E-state index < -0.39 is 24.4 Å². The van der Waals surface area contributed by atoms with Crippen molar-refractivity contribution in [3.63, 3.8) is 0 Å². The Hall–Kier alpha value is -1.54. The van der Waals surface area contributed by atoms with Crippen LogP contribution < -0.4 is 10.9 Å². The van der Waals surface area contributed by atoms with E-state index in [9.17, 15) is 14.4 Å². The summed E-state index contributed by atoms with van der Waals surface area (Å²) in [5.41, 5.74) is 6.35. The van der Waals surface area contributed by atoms with Gasteiger partial charge in [0.15, 0.2) is 6.61 Å². The van der Waals surface area contributed by atoms with Crippen LogP contribution in [0.3, 0.4) is 0 Å². The number of benzene rings is 1. The van der Waals surface area contributed by atoms with Crippen LogP contribution in [0.5, 0.6) is 0 Å². The Morgan fingerprint density at radius 1 is 1.18 bits per heavy atom. The van der Waals surface area contributed by atoms with Gasteiger partial charge in [-0.2, -0.15) is 0 Å². The number of rotatable bonds is 5. The molecule has 0 aromatic heterocycles. The standard InChI is InChI=1S/C14H17BrN2O4S/c1-8-5-12(9(2)4-11(8)15)22-7-14(20)21-6-13(19)17-16-10(3)18/h4-5H,6-7H2,1-3H3,(H,16,18)(H,17,19). The lowest BCUT2D eigenvalue weighted by Gasteiger charge is -2.09. The molecule has 8 heteroatoms. The van der Waals surface area contributed by atoms with Crippen LogP contribution in [0.15, 0.2) is 21.5 Å². The van der Waals surface area contributed by atoms with E-state index in [1.54, 1.807) is 0 Å². The number of hydrogen-bond acceptors (Lipinski definition) is 5. The number of esters is 1. The number of hydrazine groups is 1. The predicted octanol–water partition coefficient (Wildman–Crippen LogP) is 1.87. The fourth-order valence-electron chi connectivity index (χ4n) is 1.43. The summed E-state index contributed by atoms with van der Waals surface area (Å²) >= 11 is 4.80. The molecule has 0 saturated carbocycles. The van der Waals surface area contributed by atoms with Crippen molar-refractivity contribution >= 4 is 45.5 Å². The topological polar surface area (TPSA) is 84.5 Å². The molecule has 2 N–H and O–H groups in total. The van der Waals surface area contributed by atoms with Crippen molar-refractivity contribution in [2.45, 2.75) is 25.7 Å². The Bertz CT molecular complexity index is 592. The smallest absolute Gasteiger partial charge is 0.316 e. The van der Waals surface area contributed by atoms with Gasteiger partial charge in [0.05, 0.1) is 5.75 Å². The molecule has 0 atom stereocenters. The summed E-state index contributed by atoms with van der Waals surface area (Å²) in [6.07, 6.45) is 0. The van der Waals surface area contributed by atoms with Crippen molar-refractivity contribution in [2.75, 3.05) is 12.4 Å². The van der Waals surface area contributed by atoms with Crippen molar-refractivity contribution in [1.29, 1.82) is 0 Å². The number of amides is 2. The van der Waals surface area contributed by atoms with E-state index in [1.807, 2.05) is 26.0 Å². The minimum absolute atomic E-state index is 0.106. The highest BCUT2D eigenvalue weighted by atomic mass is 79.9. The molecule has 0 unspecified atom stereocenters. The molecule has 0 spiro atoms. The molecule has 22 heavy (non-hydrogen) atoms. The quantitative estimate of drug-likeness (QED) is 0.456. The van der Waals surface area contributed by atoms with Gasteiger partial charge in [0.25, 0.3) is 5.91 Å². The summed E-state index contributed by atoms with van der Waals surface area (Å²) in [4.78, 5) is 34.4. The van der Waals surface area contributed by atoms with Crippen LogP contribution in [0.2, 0.25) is 0 Å². The van der Waals surface area contributed by atoms with Gasteiger partial charge in [0.1, 0.15) is 0 Å². The third-order valence-electron chi connectivity index (χ3n) is 2.54. The molecule has 1 aromatic carbocycles. The average Bonchev–Trinajstić information content (AvgIpc) is 2.45. The van der Waals surface area contributed by atoms with Gasteiger partial charge in [-0.25, -0.2) is 0 Å². The van der Waals surface area contributed by atoms with Gasteiger partial charge in [-0.15, -0.1) is 11.8 Å². The van der Waals surface area contributed by atoms with E-state index in [2.05, 4.69) is 26.8 Å². The highest BCUT2D eigenvalue weighted by Crippen LogP contribution is 2.28. The largest absolute Gasteiger partial charge is 0.455 e. The first-order valence-electron chi connectivity index (χ1n) is 6.40. The molecule has 0 radical (unpaired) electrons. The summed E-state index contributed by atoms with van der Waals surface area (Å²) in [5.74, 6) is -1.39. The third-order valence-corrected chi connectivity index (χ3v) is 4.53. The molecule has 6 nitrogen and oxygen atoms in total. The molecule has 0 saturated heterocycles. The van der Waals surface area contributed by atoms with Crippen molar-refractivity contribution < 1.29 is 19.1 Å². The normalized spacial score (nSPS) is 10.0. The molecule has 0 heterocycles. The molecule has 0 aliphatic carbocycles. The summed E-state index contributed by atoms with van der Waals surface area (Å²) in [5, 5.41) is 0. The van der Waals surface area contributed by atoms with Crippen LogP contribution in [0.4, 0.5) is 0 Å². The fraction of sp³-hybridized carbons (Fsp3) is 0.357. The van der Waals surface area contributed by atoms with E-state index in [0.717, 1.165) is 20.5 Å². The average molecular weight is 389 g/mol. The lowest BCUT2D eigenvalue weighted by atomic mass is 10.2. The van der Waals surface area contributed by atoms with Gasteiger partial charge in [0.2, 0.25) is 5.91 Å². The number of thioether (sulfide) groups is 1. The number of aryl methyl sites for hydroxylation is 2. The number of ether oxygens (including phenoxy) is 1. The van der Waals surface area contributed by atoms with Crippen LogP contribution in [0.1, 0.15) is 18.1 Å². The number of carbonyl (C=O) groups is 3. The van der Waals surface area contributed by atoms with Gasteiger partial charge in [0, 0.05) is 16.3 Å². The molecular formula is C14H17BrN2O4S. The molecule has 0 fully saturated rings. The Balaban J connectivity index is 2.39. The zero-order valence-electron chi connectivity index (χ0n) is 12.5. The number of carbonyl (C=O) groups excluding carboxylic acids is 3. The Morgan fingerprint density at radius 3 is 2.50 bits per heavy atom. The van der Waals surface area contributed by atoms with Crippen molar-refractivity contribution in [3.8, 4) is 0 Å². The summed E-state index contributed by atoms with van der Waals surface area (Å²) < 4.78 is 5.84. The summed E-state index contributed by atoms with van der Waals surface area (Å²) in [6, 6.07) is 3.98. The van der Waals surface area contributed by atoms with E-state index in [0.29, 0.717) is 0 Å². The molecule has 120 valence electrons. The van der Waals surface area contributed by atoms with Gasteiger partial charge in [-0.05, 0) is 37.1 Å². The second kappa shape index (κ2) is 8.79. The maximum atomic E-state index is 11.6. The van der Waals surface area contributed by atoms with Crippen LogP contribution in [-0.2, 0) is 19.1 Å². The molecular weight excluding hydrogens is 372 g/mol. The number of halogens is 1. The van der Waals surface area contributed by atoms with Crippen LogP contribution >= 0.6 is 27.7 Å². The SMILES string of the molecule is CC(=O)NNC(=O)COC(=O)CSc1cc(C)c(Br)cc1C. The molecule has 1 rings (SSSR count). The highest BCUT2D eigenvalue weighted by Gasteiger charge is 2.10. The molecule has 0 bridgehead atoms. The second-order valence-electron chi connectivity index (χ2n) is 4.55. The van der Waals surface area contributed by atoms with E-state index in [1.165, 1.54) is 18.7 Å². The molecule has 1 aromatic rings. The van der Waals surface area contributed by atoms with E-state index in [-0.39, 0.29) is 5.75 Å². The van der Waals surface area contributed by atoms with Gasteiger partial charge < -0.3 is 4.74 Å². The number of nitrogens with one attached hydrogen (secondary N) is 2. The van der Waals surface area contributed by atoms with Crippen LogP contribution in [0, 0.1) is 13.8 Å². The first-order valence-corrected chi connectivity index (χ1v) is 8.18. The Labute approximate surface area is 141 Å². The number of hydrogen-bond donors (Lipinski definition) is 2. The zero-order chi connectivity index (χ0) is 16.7. The van der Waals surface area contributed by atoms with Crippen LogP contribution in [0.25, 0.3) is 0 Å². The first-order chi connectivity index (χ1) is 10.3. The maximum Gasteiger partial charge on any atom is 0.316 e. The monoisotopic (exact) mass is 388 g/mol. The van der Waals surface area contributed by atoms with Gasteiger partial charge in [-0.3, -0.25) is 25.2 Å². The van der Waals surface area contributed by atoms with Crippen LogP contribution in [-0.4, -0.2) is 30.1 Å². The Kier molecular flexibility index (Phi) is 7.40. The lowest BCUT2D eigenvalue weighted by Crippen LogP contribution is -2.42. The van der Waals surface area contributed by atoms with Crippen molar-refractivity contribution in [3.05, 3.63) is 27.7 Å². The van der Waals surface area contributed by atoms with E-state index in [4.69, 9.17) is 4.74 Å². The fourth-order valence-corrected chi connectivity index (χ4v) is 2.79. The zero-order valence-corrected chi connectivity index (χ0v) is 14.9. The van der Waals surface area contributed by atoms with Crippen molar-refractivity contribution in [2.24, 2.45) is 0 Å². The Morgan fingerprint density at radius 2 is 1.86 bits per heavy atom. The lowest BCUT2D eigenvalue weighted by molar-refractivity contribution is -0.146. The minimum atomic E-state index is -0.593. The molecule has 0 aliphatic heterocycles. The third kappa shape index (κ3) is 6.48. The van der Waals surface area contributed by atoms with Crippen molar-refractivity contribution in [1.82, 2.24) is 10.9 Å². The highest BCUT2D eigenvalue weighted by molar-refractivity contribution is 9.10. The predicted molar refractivity (Wildman–Crippen MR) is 87.3 cm³/mol. The molecule has 2 amide bonds. The second-order valence-corrected chi connectivity index (χ2v) is 6.42. The van der Waals surface area contributed by atoms with Gasteiger partial charge in [-0.1, -0.05) is 15.9 Å². The van der Waals surface area contributed by atoms with E-state index >= 15 is 0 Å². The molecule has 0 aliphatic rings. The van der Waals surface area contributed by atoms with Gasteiger partial charge >= 0.3 is 5.97 Å². The summed E-state index contributed by atoms with van der Waals surface area (Å²) in [7, 11) is 0. The minimum Gasteiger partial charge on any atom is -0.455 e.